The molecule has 1 aliphatic rings. The van der Waals surface area contributed by atoms with Gasteiger partial charge in [0.25, 0.3) is 0 Å². The van der Waals surface area contributed by atoms with Gasteiger partial charge >= 0.3 is 0 Å². The maximum Gasteiger partial charge on any atom is 0.241 e. The lowest BCUT2D eigenvalue weighted by molar-refractivity contribution is -0.120. The maximum atomic E-state index is 13.4. The minimum Gasteiger partial charge on any atom is -0.369 e. The number of hydrogen-bond acceptors (Lipinski definition) is 3. The van der Waals surface area contributed by atoms with Crippen LogP contribution in [0.4, 0.5) is 15.8 Å². The van der Waals surface area contributed by atoms with Gasteiger partial charge in [-0.05, 0) is 56.2 Å². The van der Waals surface area contributed by atoms with Crippen molar-refractivity contribution >= 4 is 17.3 Å². The van der Waals surface area contributed by atoms with Gasteiger partial charge in [-0.15, -0.1) is 0 Å². The molecule has 26 heavy (non-hydrogen) atoms. The van der Waals surface area contributed by atoms with E-state index in [1.807, 2.05) is 13.8 Å². The zero-order valence-corrected chi connectivity index (χ0v) is 15.6. The number of piperazine rings is 1. The lowest BCUT2D eigenvalue weighted by atomic mass is 10.1. The molecule has 138 valence electrons. The second-order valence-corrected chi connectivity index (χ2v) is 6.99. The van der Waals surface area contributed by atoms with E-state index in [4.69, 9.17) is 0 Å². The molecule has 2 aromatic carbocycles. The highest BCUT2D eigenvalue weighted by atomic mass is 19.1. The molecule has 0 bridgehead atoms. The molecule has 1 atom stereocenters. The Morgan fingerprint density at radius 1 is 1.08 bits per heavy atom. The lowest BCUT2D eigenvalue weighted by Crippen LogP contribution is -2.52. The third kappa shape index (κ3) is 4.22. The van der Waals surface area contributed by atoms with E-state index in [2.05, 4.69) is 46.3 Å². The predicted molar refractivity (Wildman–Crippen MR) is 104 cm³/mol. The molecule has 0 radical (unpaired) electrons. The molecule has 1 fully saturated rings. The monoisotopic (exact) mass is 355 g/mol. The number of carbonyl (C=O) groups is 1. The summed E-state index contributed by atoms with van der Waals surface area (Å²) >= 11 is 0. The number of rotatable bonds is 4. The molecule has 2 aromatic rings. The Balaban J connectivity index is 1.58. The van der Waals surface area contributed by atoms with E-state index >= 15 is 0 Å². The van der Waals surface area contributed by atoms with Gasteiger partial charge in [0, 0.05) is 37.6 Å². The molecule has 1 unspecified atom stereocenters. The van der Waals surface area contributed by atoms with Gasteiger partial charge in [0.05, 0.1) is 6.04 Å². The van der Waals surface area contributed by atoms with E-state index in [0.29, 0.717) is 5.69 Å². The molecular weight excluding hydrogens is 329 g/mol. The van der Waals surface area contributed by atoms with Gasteiger partial charge in [0.1, 0.15) is 5.82 Å². The van der Waals surface area contributed by atoms with Gasteiger partial charge in [0.2, 0.25) is 5.91 Å². The highest BCUT2D eigenvalue weighted by Crippen LogP contribution is 2.20. The largest absolute Gasteiger partial charge is 0.369 e. The van der Waals surface area contributed by atoms with Crippen LogP contribution in [0.2, 0.25) is 0 Å². The molecule has 5 heteroatoms. The van der Waals surface area contributed by atoms with Crippen LogP contribution in [0.25, 0.3) is 0 Å². The highest BCUT2D eigenvalue weighted by molar-refractivity contribution is 5.95. The Bertz CT molecular complexity index is 785. The molecule has 0 spiro atoms. The van der Waals surface area contributed by atoms with E-state index in [-0.39, 0.29) is 17.8 Å². The molecule has 0 aliphatic carbocycles. The summed E-state index contributed by atoms with van der Waals surface area (Å²) < 4.78 is 13.4. The fraction of sp³-hybridized carbons (Fsp3) is 0.381. The first-order chi connectivity index (χ1) is 12.4. The summed E-state index contributed by atoms with van der Waals surface area (Å²) in [5.41, 5.74) is 3.89. The number of amides is 1. The quantitative estimate of drug-likeness (QED) is 0.910. The first-order valence-electron chi connectivity index (χ1n) is 9.07. The van der Waals surface area contributed by atoms with E-state index < -0.39 is 0 Å². The van der Waals surface area contributed by atoms with Gasteiger partial charge in [-0.1, -0.05) is 18.2 Å². The van der Waals surface area contributed by atoms with Crippen LogP contribution in [-0.2, 0) is 4.79 Å². The van der Waals surface area contributed by atoms with Crippen LogP contribution >= 0.6 is 0 Å². The maximum absolute atomic E-state index is 13.4. The van der Waals surface area contributed by atoms with E-state index in [1.54, 1.807) is 6.07 Å². The molecule has 1 N–H and O–H groups in total. The SMILES string of the molecule is Cc1cccc(N2CCN(C(C)C(=O)Nc3cc(F)ccc3C)CC2)c1. The standard InChI is InChI=1S/C21H26FN3O/c1-15-5-4-6-19(13-15)25-11-9-24(10-12-25)17(3)21(26)23-20-14-18(22)8-7-16(20)2/h4-8,13-14,17H,9-12H2,1-3H3,(H,23,26). The van der Waals surface area contributed by atoms with Gasteiger partial charge in [-0.2, -0.15) is 0 Å². The van der Waals surface area contributed by atoms with Crippen molar-refractivity contribution < 1.29 is 9.18 Å². The predicted octanol–water partition coefficient (Wildman–Crippen LogP) is 3.59. The van der Waals surface area contributed by atoms with Crippen LogP contribution in [0.3, 0.4) is 0 Å². The first kappa shape index (κ1) is 18.4. The minimum absolute atomic E-state index is 0.0947. The van der Waals surface area contributed by atoms with E-state index in [0.717, 1.165) is 31.7 Å². The fourth-order valence-corrected chi connectivity index (χ4v) is 3.32. The number of nitrogens with zero attached hydrogens (tertiary/aromatic N) is 2. The number of carbonyl (C=O) groups excluding carboxylic acids is 1. The molecule has 1 saturated heterocycles. The molecule has 0 saturated carbocycles. The molecule has 3 rings (SSSR count). The first-order valence-corrected chi connectivity index (χ1v) is 9.07. The summed E-state index contributed by atoms with van der Waals surface area (Å²) in [6, 6.07) is 12.7. The van der Waals surface area contributed by atoms with Crippen molar-refractivity contribution in [2.24, 2.45) is 0 Å². The van der Waals surface area contributed by atoms with Crippen LogP contribution in [0.5, 0.6) is 0 Å². The average molecular weight is 355 g/mol. The normalized spacial score (nSPS) is 16.4. The van der Waals surface area contributed by atoms with Gasteiger partial charge in [-0.3, -0.25) is 9.69 Å². The van der Waals surface area contributed by atoms with Crippen molar-refractivity contribution in [2.75, 3.05) is 36.4 Å². The zero-order valence-electron chi connectivity index (χ0n) is 15.6. The van der Waals surface area contributed by atoms with Crippen molar-refractivity contribution in [3.8, 4) is 0 Å². The Morgan fingerprint density at radius 3 is 2.50 bits per heavy atom. The minimum atomic E-state index is -0.342. The zero-order chi connectivity index (χ0) is 18.7. The topological polar surface area (TPSA) is 35.6 Å². The molecule has 0 aromatic heterocycles. The second-order valence-electron chi connectivity index (χ2n) is 6.99. The smallest absolute Gasteiger partial charge is 0.241 e. The van der Waals surface area contributed by atoms with Crippen LogP contribution in [0, 0.1) is 19.7 Å². The van der Waals surface area contributed by atoms with Crippen LogP contribution < -0.4 is 10.2 Å². The third-order valence-electron chi connectivity index (χ3n) is 5.07. The van der Waals surface area contributed by atoms with Crippen LogP contribution in [-0.4, -0.2) is 43.0 Å². The highest BCUT2D eigenvalue weighted by Gasteiger charge is 2.26. The molecule has 4 nitrogen and oxygen atoms in total. The number of halogens is 1. The van der Waals surface area contributed by atoms with Crippen LogP contribution in [0.15, 0.2) is 42.5 Å². The molecule has 1 heterocycles. The summed E-state index contributed by atoms with van der Waals surface area (Å²) in [5, 5.41) is 2.86. The number of anilines is 2. The number of nitrogens with one attached hydrogen (secondary N) is 1. The van der Waals surface area contributed by atoms with Crippen molar-refractivity contribution in [1.82, 2.24) is 4.90 Å². The lowest BCUT2D eigenvalue weighted by Gasteiger charge is -2.38. The molecule has 1 aliphatic heterocycles. The van der Waals surface area contributed by atoms with Gasteiger partial charge < -0.3 is 10.2 Å². The number of hydrogen-bond donors (Lipinski definition) is 1. The van der Waals surface area contributed by atoms with Gasteiger partial charge in [0.15, 0.2) is 0 Å². The summed E-state index contributed by atoms with van der Waals surface area (Å²) in [6.07, 6.45) is 0. The van der Waals surface area contributed by atoms with Crippen molar-refractivity contribution in [1.29, 1.82) is 0 Å². The third-order valence-corrected chi connectivity index (χ3v) is 5.07. The number of aryl methyl sites for hydroxylation is 2. The summed E-state index contributed by atoms with van der Waals surface area (Å²) in [4.78, 5) is 17.1. The summed E-state index contributed by atoms with van der Waals surface area (Å²) in [7, 11) is 0. The molecular formula is C21H26FN3O. The second kappa shape index (κ2) is 7.87. The number of benzene rings is 2. The van der Waals surface area contributed by atoms with Crippen LogP contribution in [0.1, 0.15) is 18.1 Å². The Morgan fingerprint density at radius 2 is 1.81 bits per heavy atom. The summed E-state index contributed by atoms with van der Waals surface area (Å²) in [6.45, 7) is 9.29. The van der Waals surface area contributed by atoms with E-state index in [9.17, 15) is 9.18 Å². The van der Waals surface area contributed by atoms with Gasteiger partial charge in [-0.25, -0.2) is 4.39 Å². The van der Waals surface area contributed by atoms with Crippen molar-refractivity contribution in [2.45, 2.75) is 26.8 Å². The average Bonchev–Trinajstić information content (AvgIpc) is 2.64. The van der Waals surface area contributed by atoms with Crippen molar-refractivity contribution in [3.63, 3.8) is 0 Å². The van der Waals surface area contributed by atoms with E-state index in [1.165, 1.54) is 23.4 Å². The Labute approximate surface area is 154 Å². The van der Waals surface area contributed by atoms with Crippen molar-refractivity contribution in [3.05, 3.63) is 59.4 Å². The Hall–Kier alpha value is -2.40. The fourth-order valence-electron chi connectivity index (χ4n) is 3.32. The Kier molecular flexibility index (Phi) is 5.57. The summed E-state index contributed by atoms with van der Waals surface area (Å²) in [5.74, 6) is -0.437. The molecule has 1 amide bonds.